The van der Waals surface area contributed by atoms with Gasteiger partial charge >= 0.3 is 0 Å². The van der Waals surface area contributed by atoms with Gasteiger partial charge in [-0.15, -0.1) is 11.3 Å². The fraction of sp³-hybridized carbons (Fsp3) is 0.154. The highest BCUT2D eigenvalue weighted by Gasteiger charge is 2.22. The van der Waals surface area contributed by atoms with Crippen LogP contribution in [-0.2, 0) is 6.54 Å². The molecule has 182 valence electrons. The molecule has 0 spiro atoms. The normalized spacial score (nSPS) is 11.9. The molecule has 0 saturated heterocycles. The van der Waals surface area contributed by atoms with Crippen LogP contribution in [-0.4, -0.2) is 36.7 Å². The molecule has 0 bridgehead atoms. The van der Waals surface area contributed by atoms with Gasteiger partial charge in [0.15, 0.2) is 16.8 Å². The van der Waals surface area contributed by atoms with Crippen LogP contribution in [0.1, 0.15) is 28.8 Å². The van der Waals surface area contributed by atoms with E-state index in [0.29, 0.717) is 45.3 Å². The monoisotopic (exact) mass is 503 g/mol. The van der Waals surface area contributed by atoms with Crippen LogP contribution >= 0.6 is 11.3 Å². The molecule has 0 radical (unpaired) electrons. The molecule has 5 aromatic heterocycles. The van der Waals surface area contributed by atoms with Gasteiger partial charge in [-0.05, 0) is 37.2 Å². The highest BCUT2D eigenvalue weighted by molar-refractivity contribution is 7.11. The van der Waals surface area contributed by atoms with Crippen molar-refractivity contribution in [3.05, 3.63) is 88.3 Å². The van der Waals surface area contributed by atoms with E-state index >= 15 is 4.39 Å². The van der Waals surface area contributed by atoms with Gasteiger partial charge in [-0.3, -0.25) is 15.1 Å². The van der Waals surface area contributed by atoms with E-state index < -0.39 is 5.82 Å². The molecule has 0 atom stereocenters. The summed E-state index contributed by atoms with van der Waals surface area (Å²) in [6, 6.07) is 4.98. The third kappa shape index (κ3) is 4.36. The summed E-state index contributed by atoms with van der Waals surface area (Å²) in [4.78, 5) is 17.2. The summed E-state index contributed by atoms with van der Waals surface area (Å²) >= 11 is 1.02. The molecule has 0 saturated carbocycles. The molecule has 3 N–H and O–H groups in total. The minimum Gasteiger partial charge on any atom is -0.340 e. The van der Waals surface area contributed by atoms with E-state index in [0.717, 1.165) is 29.1 Å². The number of nitrogens with one attached hydrogen (secondary N) is 3. The number of nitrogens with zero attached hydrogens (tertiary/aromatic N) is 4. The summed E-state index contributed by atoms with van der Waals surface area (Å²) in [5.74, 6) is -0.132. The number of pyridine rings is 2. The molecule has 36 heavy (non-hydrogen) atoms. The molecule has 5 aromatic rings. The van der Waals surface area contributed by atoms with Crippen molar-refractivity contribution < 1.29 is 8.78 Å². The second kappa shape index (κ2) is 9.92. The fourth-order valence-corrected chi connectivity index (χ4v) is 4.78. The van der Waals surface area contributed by atoms with Crippen LogP contribution in [0, 0.1) is 17.9 Å². The lowest BCUT2D eigenvalue weighted by Gasteiger charge is -2.07. The maximum absolute atomic E-state index is 15.9. The van der Waals surface area contributed by atoms with Crippen molar-refractivity contribution in [1.29, 1.82) is 0 Å². The Morgan fingerprint density at radius 1 is 1.19 bits per heavy atom. The van der Waals surface area contributed by atoms with E-state index in [1.807, 2.05) is 19.9 Å². The van der Waals surface area contributed by atoms with Crippen molar-refractivity contribution in [3.63, 3.8) is 0 Å². The molecule has 0 aliphatic heterocycles. The number of halogens is 2. The Hall–Kier alpha value is -4.02. The Labute approximate surface area is 210 Å². The van der Waals surface area contributed by atoms with E-state index in [4.69, 9.17) is 4.98 Å². The zero-order chi connectivity index (χ0) is 25.2. The number of imidazole rings is 1. The molecule has 0 fully saturated rings. The largest absolute Gasteiger partial charge is 0.340 e. The summed E-state index contributed by atoms with van der Waals surface area (Å²) in [5, 5.41) is 10.4. The molecule has 0 aliphatic rings. The van der Waals surface area contributed by atoms with Crippen molar-refractivity contribution in [1.82, 2.24) is 35.5 Å². The van der Waals surface area contributed by atoms with Crippen LogP contribution in [0.3, 0.4) is 0 Å². The molecular weight excluding hydrogens is 480 g/mol. The molecule has 5 heterocycles. The highest BCUT2D eigenvalue weighted by atomic mass is 32.1. The molecule has 0 amide bonds. The SMILES string of the molecule is C=C/C=C(/c1ccc(F)s1)c1nc(-c2n[nH]c3cnc(-c4cncc(CNCC)c4)c(F)c23)[nH]c1C. The van der Waals surface area contributed by atoms with Gasteiger partial charge in [-0.25, -0.2) is 9.37 Å². The maximum Gasteiger partial charge on any atom is 0.176 e. The van der Waals surface area contributed by atoms with Crippen LogP contribution in [0.5, 0.6) is 0 Å². The smallest absolute Gasteiger partial charge is 0.176 e. The van der Waals surface area contributed by atoms with Crippen LogP contribution in [0.2, 0.25) is 0 Å². The zero-order valence-electron chi connectivity index (χ0n) is 19.7. The predicted octanol–water partition coefficient (Wildman–Crippen LogP) is 5.79. The number of hydrogen-bond acceptors (Lipinski definition) is 6. The Morgan fingerprint density at radius 3 is 2.81 bits per heavy atom. The molecule has 5 rings (SSSR count). The van der Waals surface area contributed by atoms with E-state index in [9.17, 15) is 4.39 Å². The first kappa shape index (κ1) is 23.7. The van der Waals surface area contributed by atoms with E-state index in [-0.39, 0.29) is 16.2 Å². The quantitative estimate of drug-likeness (QED) is 0.233. The van der Waals surface area contributed by atoms with Gasteiger partial charge in [-0.2, -0.15) is 9.49 Å². The van der Waals surface area contributed by atoms with Crippen molar-refractivity contribution >= 4 is 27.8 Å². The summed E-state index contributed by atoms with van der Waals surface area (Å²) in [6.45, 7) is 9.09. The van der Waals surface area contributed by atoms with Gasteiger partial charge in [0.25, 0.3) is 0 Å². The van der Waals surface area contributed by atoms with Crippen molar-refractivity contribution in [3.8, 4) is 22.8 Å². The number of rotatable bonds is 8. The average Bonchev–Trinajstić information content (AvgIpc) is 3.60. The van der Waals surface area contributed by atoms with Crippen LogP contribution in [0.15, 0.2) is 55.5 Å². The van der Waals surface area contributed by atoms with Crippen molar-refractivity contribution in [2.75, 3.05) is 6.54 Å². The Morgan fingerprint density at radius 2 is 2.06 bits per heavy atom. The van der Waals surface area contributed by atoms with Crippen molar-refractivity contribution in [2.45, 2.75) is 20.4 Å². The zero-order valence-corrected chi connectivity index (χ0v) is 20.5. The van der Waals surface area contributed by atoms with E-state index in [2.05, 4.69) is 37.0 Å². The third-order valence-corrected chi connectivity index (χ3v) is 6.59. The number of aromatic nitrogens is 6. The third-order valence-electron chi connectivity index (χ3n) is 5.68. The van der Waals surface area contributed by atoms with Gasteiger partial charge in [0.1, 0.15) is 11.4 Å². The number of H-pyrrole nitrogens is 2. The lowest BCUT2D eigenvalue weighted by molar-refractivity contribution is 0.638. The van der Waals surface area contributed by atoms with Gasteiger partial charge < -0.3 is 10.3 Å². The molecule has 7 nitrogen and oxygen atoms in total. The first-order valence-electron chi connectivity index (χ1n) is 11.3. The number of thiophene rings is 1. The van der Waals surface area contributed by atoms with E-state index in [1.54, 1.807) is 36.8 Å². The van der Waals surface area contributed by atoms with Gasteiger partial charge in [-0.1, -0.05) is 25.7 Å². The van der Waals surface area contributed by atoms with E-state index in [1.165, 1.54) is 6.07 Å². The van der Waals surface area contributed by atoms with Gasteiger partial charge in [0, 0.05) is 40.6 Å². The number of allylic oxidation sites excluding steroid dienone is 2. The molecule has 0 aromatic carbocycles. The predicted molar refractivity (Wildman–Crippen MR) is 138 cm³/mol. The minimum atomic E-state index is -0.517. The maximum atomic E-state index is 15.9. The average molecular weight is 504 g/mol. The Bertz CT molecular complexity index is 1600. The van der Waals surface area contributed by atoms with Crippen LogP contribution in [0.4, 0.5) is 8.78 Å². The first-order valence-corrected chi connectivity index (χ1v) is 12.1. The summed E-state index contributed by atoms with van der Waals surface area (Å²) < 4.78 is 29.6. The number of fused-ring (bicyclic) bond motifs is 1. The standard InChI is InChI=1S/C26H23F2N7S/c1-4-6-17(19-7-8-20(27)36-19)23-14(3)32-26(33-23)25-21-18(34-35-25)13-31-24(22(21)28)16-9-15(10-29-5-2)11-30-12-16/h4,6-9,11-13,29H,1,5,10H2,2-3H3,(H,32,33)(H,34,35)/b17-6-. The minimum absolute atomic E-state index is 0.181. The molecule has 0 aliphatic carbocycles. The lowest BCUT2D eigenvalue weighted by Crippen LogP contribution is -2.11. The highest BCUT2D eigenvalue weighted by Crippen LogP contribution is 2.35. The summed E-state index contributed by atoms with van der Waals surface area (Å²) in [5.41, 5.74) is 4.51. The first-order chi connectivity index (χ1) is 17.5. The number of aryl methyl sites for hydroxylation is 1. The summed E-state index contributed by atoms with van der Waals surface area (Å²) in [7, 11) is 0. The Balaban J connectivity index is 1.60. The number of aromatic amines is 2. The van der Waals surface area contributed by atoms with Crippen LogP contribution < -0.4 is 5.32 Å². The van der Waals surface area contributed by atoms with Gasteiger partial charge in [0.05, 0.1) is 22.8 Å². The molecule has 10 heteroatoms. The molecular formula is C26H23F2N7S. The topological polar surface area (TPSA) is 95.2 Å². The fourth-order valence-electron chi connectivity index (χ4n) is 4.02. The second-order valence-electron chi connectivity index (χ2n) is 8.12. The number of hydrogen-bond donors (Lipinski definition) is 3. The summed E-state index contributed by atoms with van der Waals surface area (Å²) in [6.07, 6.45) is 8.29. The second-order valence-corrected chi connectivity index (χ2v) is 9.16. The van der Waals surface area contributed by atoms with Gasteiger partial charge in [0.2, 0.25) is 0 Å². The lowest BCUT2D eigenvalue weighted by atomic mass is 10.1. The van der Waals surface area contributed by atoms with Crippen LogP contribution in [0.25, 0.3) is 39.3 Å². The Kier molecular flexibility index (Phi) is 6.53. The molecule has 0 unspecified atom stereocenters. The van der Waals surface area contributed by atoms with Crippen molar-refractivity contribution in [2.24, 2.45) is 0 Å².